The van der Waals surface area contributed by atoms with Crippen LogP contribution in [0.4, 0.5) is 0 Å². The monoisotopic (exact) mass is 411 g/mol. The van der Waals surface area contributed by atoms with E-state index in [1.54, 1.807) is 28.4 Å². The molecule has 1 aromatic carbocycles. The number of halogens is 1. The van der Waals surface area contributed by atoms with Gasteiger partial charge in [0.25, 0.3) is 0 Å². The van der Waals surface area contributed by atoms with Gasteiger partial charge >= 0.3 is 0 Å². The third-order valence-corrected chi connectivity index (χ3v) is 6.50. The van der Waals surface area contributed by atoms with Crippen molar-refractivity contribution in [1.82, 2.24) is 19.6 Å². The highest BCUT2D eigenvalue weighted by Crippen LogP contribution is 2.36. The number of oxime groups is 1. The van der Waals surface area contributed by atoms with Crippen molar-refractivity contribution in [2.45, 2.75) is 38.7 Å². The first-order chi connectivity index (χ1) is 13.8. The van der Waals surface area contributed by atoms with Crippen LogP contribution in [0.25, 0.3) is 15.9 Å². The van der Waals surface area contributed by atoms with E-state index >= 15 is 0 Å². The van der Waals surface area contributed by atoms with E-state index in [1.807, 2.05) is 24.3 Å². The molecule has 3 heterocycles. The Balaban J connectivity index is 1.41. The molecule has 1 aliphatic carbocycles. The largest absolute Gasteiger partial charge is 0.387 e. The Morgan fingerprint density at radius 2 is 2.11 bits per heavy atom. The van der Waals surface area contributed by atoms with Crippen LogP contribution >= 0.6 is 22.9 Å². The number of rotatable bonds is 4. The zero-order chi connectivity index (χ0) is 18.9. The van der Waals surface area contributed by atoms with Crippen LogP contribution in [0.1, 0.15) is 41.1 Å². The van der Waals surface area contributed by atoms with Gasteiger partial charge in [-0.15, -0.1) is 16.4 Å². The van der Waals surface area contributed by atoms with Gasteiger partial charge in [-0.3, -0.25) is 0 Å². The van der Waals surface area contributed by atoms with E-state index < -0.39 is 0 Å². The van der Waals surface area contributed by atoms with E-state index in [0.717, 1.165) is 34.3 Å². The Morgan fingerprint density at radius 1 is 1.21 bits per heavy atom. The third kappa shape index (κ3) is 3.25. The number of aromatic nitrogens is 4. The zero-order valence-electron chi connectivity index (χ0n) is 15.1. The Bertz CT molecular complexity index is 1180. The van der Waals surface area contributed by atoms with Gasteiger partial charge in [0.05, 0.1) is 11.6 Å². The lowest BCUT2D eigenvalue weighted by atomic mass is 10.1. The number of thiophene rings is 1. The molecular weight excluding hydrogens is 394 g/mol. The van der Waals surface area contributed by atoms with Crippen molar-refractivity contribution in [2.75, 3.05) is 0 Å². The molecule has 0 N–H and O–H groups in total. The highest BCUT2D eigenvalue weighted by Gasteiger charge is 2.19. The summed E-state index contributed by atoms with van der Waals surface area (Å²) < 4.78 is 1.75. The number of benzene rings is 1. The molecule has 8 heteroatoms. The second-order valence-electron chi connectivity index (χ2n) is 6.81. The van der Waals surface area contributed by atoms with E-state index in [2.05, 4.69) is 15.2 Å². The second-order valence-corrected chi connectivity index (χ2v) is 8.31. The Labute approximate surface area is 170 Å². The van der Waals surface area contributed by atoms with Gasteiger partial charge in [0.2, 0.25) is 0 Å². The SMILES string of the molecule is Clc1ccccc1C=NOCc1nc2c3c4c(sc3ncn2n1)CCCCC4. The van der Waals surface area contributed by atoms with Crippen molar-refractivity contribution in [3.8, 4) is 0 Å². The molecule has 0 unspecified atom stereocenters. The van der Waals surface area contributed by atoms with Gasteiger partial charge in [-0.1, -0.05) is 41.4 Å². The van der Waals surface area contributed by atoms with Crippen molar-refractivity contribution in [3.63, 3.8) is 0 Å². The number of nitrogens with zero attached hydrogens (tertiary/aromatic N) is 5. The van der Waals surface area contributed by atoms with E-state index in [9.17, 15) is 0 Å². The molecule has 0 amide bonds. The van der Waals surface area contributed by atoms with Gasteiger partial charge in [-0.2, -0.15) is 0 Å². The first-order valence-electron chi connectivity index (χ1n) is 9.34. The van der Waals surface area contributed by atoms with Gasteiger partial charge < -0.3 is 4.84 Å². The summed E-state index contributed by atoms with van der Waals surface area (Å²) in [7, 11) is 0. The maximum Gasteiger partial charge on any atom is 0.192 e. The van der Waals surface area contributed by atoms with Crippen LogP contribution in [0, 0.1) is 0 Å². The molecule has 0 saturated carbocycles. The van der Waals surface area contributed by atoms with Crippen molar-refractivity contribution < 1.29 is 4.84 Å². The van der Waals surface area contributed by atoms with Gasteiger partial charge in [0.15, 0.2) is 18.1 Å². The van der Waals surface area contributed by atoms with E-state index in [0.29, 0.717) is 10.8 Å². The molecule has 3 aromatic heterocycles. The van der Waals surface area contributed by atoms with Crippen LogP contribution < -0.4 is 0 Å². The quantitative estimate of drug-likeness (QED) is 0.274. The summed E-state index contributed by atoms with van der Waals surface area (Å²) in [5, 5.41) is 10.3. The minimum atomic E-state index is 0.191. The Kier molecular flexibility index (Phi) is 4.70. The molecule has 0 radical (unpaired) electrons. The van der Waals surface area contributed by atoms with E-state index in [4.69, 9.17) is 21.4 Å². The second kappa shape index (κ2) is 7.48. The molecule has 1 aliphatic rings. The van der Waals surface area contributed by atoms with Gasteiger partial charge in [-0.25, -0.2) is 14.5 Å². The first-order valence-corrected chi connectivity index (χ1v) is 10.5. The third-order valence-electron chi connectivity index (χ3n) is 4.95. The van der Waals surface area contributed by atoms with Crippen LogP contribution in [-0.2, 0) is 24.3 Å². The Morgan fingerprint density at radius 3 is 3.04 bits per heavy atom. The van der Waals surface area contributed by atoms with Crippen molar-refractivity contribution in [1.29, 1.82) is 0 Å². The van der Waals surface area contributed by atoms with Crippen molar-refractivity contribution >= 4 is 45.0 Å². The number of fused-ring (bicyclic) bond motifs is 5. The summed E-state index contributed by atoms with van der Waals surface area (Å²) >= 11 is 7.91. The minimum Gasteiger partial charge on any atom is -0.387 e. The lowest BCUT2D eigenvalue weighted by Crippen LogP contribution is -1.93. The summed E-state index contributed by atoms with van der Waals surface area (Å²) in [6.07, 6.45) is 9.33. The summed E-state index contributed by atoms with van der Waals surface area (Å²) in [4.78, 5) is 17.2. The fourth-order valence-corrected chi connectivity index (χ4v) is 5.01. The standard InChI is InChI=1S/C20H18ClN5OS/c21-15-8-5-4-6-13(15)10-23-27-11-17-24-19-18-14-7-2-1-3-9-16(14)28-20(18)22-12-26(19)25-17/h4-6,8,10,12H,1-3,7,9,11H2. The van der Waals surface area contributed by atoms with Crippen LogP contribution in [0.15, 0.2) is 35.7 Å². The molecule has 5 rings (SSSR count). The predicted octanol–water partition coefficient (Wildman–Crippen LogP) is 4.81. The van der Waals surface area contributed by atoms with Crippen LogP contribution in [0.2, 0.25) is 5.02 Å². The average molecular weight is 412 g/mol. The smallest absolute Gasteiger partial charge is 0.192 e. The maximum atomic E-state index is 6.11. The highest BCUT2D eigenvalue weighted by molar-refractivity contribution is 7.19. The summed E-state index contributed by atoms with van der Waals surface area (Å²) in [6, 6.07) is 7.47. The zero-order valence-corrected chi connectivity index (χ0v) is 16.7. The number of hydrogen-bond donors (Lipinski definition) is 0. The van der Waals surface area contributed by atoms with Crippen LogP contribution in [-0.4, -0.2) is 25.8 Å². The summed E-state index contributed by atoms with van der Waals surface area (Å²) in [5.74, 6) is 0.583. The first kappa shape index (κ1) is 17.6. The fourth-order valence-electron chi connectivity index (χ4n) is 3.61. The van der Waals surface area contributed by atoms with Gasteiger partial charge in [-0.05, 0) is 37.3 Å². The van der Waals surface area contributed by atoms with E-state index in [-0.39, 0.29) is 6.61 Å². The molecule has 142 valence electrons. The molecule has 0 spiro atoms. The molecule has 0 fully saturated rings. The lowest BCUT2D eigenvalue weighted by molar-refractivity contribution is 0.126. The topological polar surface area (TPSA) is 64.7 Å². The van der Waals surface area contributed by atoms with Gasteiger partial charge in [0, 0.05) is 15.5 Å². The van der Waals surface area contributed by atoms with Crippen LogP contribution in [0.5, 0.6) is 0 Å². The average Bonchev–Trinajstić information content (AvgIpc) is 3.19. The summed E-state index contributed by atoms with van der Waals surface area (Å²) in [6.45, 7) is 0.191. The lowest BCUT2D eigenvalue weighted by Gasteiger charge is -1.98. The molecule has 0 saturated heterocycles. The molecule has 0 bridgehead atoms. The predicted molar refractivity (Wildman–Crippen MR) is 111 cm³/mol. The molecule has 0 aliphatic heterocycles. The fraction of sp³-hybridized carbons (Fsp3) is 0.300. The number of hydrogen-bond acceptors (Lipinski definition) is 6. The number of aryl methyl sites for hydroxylation is 2. The molecule has 4 aromatic rings. The molecular formula is C20H18ClN5OS. The molecule has 28 heavy (non-hydrogen) atoms. The molecule has 0 atom stereocenters. The highest BCUT2D eigenvalue weighted by atomic mass is 35.5. The van der Waals surface area contributed by atoms with Gasteiger partial charge in [0.1, 0.15) is 11.2 Å². The minimum absolute atomic E-state index is 0.191. The maximum absolute atomic E-state index is 6.11. The van der Waals surface area contributed by atoms with Crippen molar-refractivity contribution in [3.05, 3.63) is 57.4 Å². The van der Waals surface area contributed by atoms with E-state index in [1.165, 1.54) is 29.7 Å². The summed E-state index contributed by atoms with van der Waals surface area (Å²) in [5.41, 5.74) is 3.07. The Hall–Kier alpha value is -2.51. The van der Waals surface area contributed by atoms with Crippen LogP contribution in [0.3, 0.4) is 0 Å². The molecule has 6 nitrogen and oxygen atoms in total. The van der Waals surface area contributed by atoms with Crippen molar-refractivity contribution in [2.24, 2.45) is 5.16 Å². The normalized spacial score (nSPS) is 14.6.